The predicted molar refractivity (Wildman–Crippen MR) is 97.9 cm³/mol. The highest BCUT2D eigenvalue weighted by molar-refractivity contribution is 6.30. The summed E-state index contributed by atoms with van der Waals surface area (Å²) in [6.07, 6.45) is 1.54. The van der Waals surface area contributed by atoms with Crippen LogP contribution < -0.4 is 5.43 Å². The van der Waals surface area contributed by atoms with Gasteiger partial charge in [0.15, 0.2) is 0 Å². The average Bonchev–Trinajstić information content (AvgIpc) is 2.61. The van der Waals surface area contributed by atoms with Gasteiger partial charge >= 0.3 is 5.97 Å². The number of benzene rings is 2. The molecule has 1 amide bonds. The molecule has 25 heavy (non-hydrogen) atoms. The maximum Gasteiger partial charge on any atom is 0.338 e. The number of nitrogens with one attached hydrogen (secondary N) is 1. The number of nitrogens with zero attached hydrogens (tertiary/aromatic N) is 1. The lowest BCUT2D eigenvalue weighted by Crippen LogP contribution is -2.26. The van der Waals surface area contributed by atoms with Crippen LogP contribution in [0.4, 0.5) is 0 Å². The molecular weight excluding hydrogens is 340 g/mol. The highest BCUT2D eigenvalue weighted by atomic mass is 35.5. The molecule has 0 heterocycles. The van der Waals surface area contributed by atoms with Gasteiger partial charge in [0, 0.05) is 22.2 Å². The van der Waals surface area contributed by atoms with E-state index in [0.29, 0.717) is 16.1 Å². The first kappa shape index (κ1) is 18.7. The standard InChI is InChI=1S/C19H19ClN2O3/c1-19(2,13-25-18(24)15-6-4-3-5-7-15)12-21-22-17(23)14-8-10-16(20)11-9-14/h3-12H,13H2,1-2H3,(H,22,23)/b21-12+. The van der Waals surface area contributed by atoms with Gasteiger partial charge in [-0.15, -0.1) is 0 Å². The lowest BCUT2D eigenvalue weighted by Gasteiger charge is -2.18. The maximum absolute atomic E-state index is 11.9. The van der Waals surface area contributed by atoms with Gasteiger partial charge in [0.1, 0.15) is 6.61 Å². The van der Waals surface area contributed by atoms with Crippen molar-refractivity contribution in [2.75, 3.05) is 6.61 Å². The monoisotopic (exact) mass is 358 g/mol. The number of rotatable bonds is 6. The first-order chi connectivity index (χ1) is 11.9. The summed E-state index contributed by atoms with van der Waals surface area (Å²) in [5, 5.41) is 4.50. The van der Waals surface area contributed by atoms with Crippen molar-refractivity contribution < 1.29 is 14.3 Å². The Balaban J connectivity index is 1.85. The van der Waals surface area contributed by atoms with Gasteiger partial charge in [-0.2, -0.15) is 5.10 Å². The van der Waals surface area contributed by atoms with Crippen molar-refractivity contribution >= 4 is 29.7 Å². The number of carbonyl (C=O) groups is 2. The van der Waals surface area contributed by atoms with E-state index in [9.17, 15) is 9.59 Å². The minimum absolute atomic E-state index is 0.140. The van der Waals surface area contributed by atoms with Crippen molar-refractivity contribution in [1.29, 1.82) is 0 Å². The maximum atomic E-state index is 11.9. The minimum atomic E-state index is -0.530. The van der Waals surface area contributed by atoms with Gasteiger partial charge in [-0.1, -0.05) is 43.6 Å². The third-order valence-electron chi connectivity index (χ3n) is 3.27. The van der Waals surface area contributed by atoms with E-state index in [-0.39, 0.29) is 12.5 Å². The van der Waals surface area contributed by atoms with E-state index in [0.717, 1.165) is 0 Å². The summed E-state index contributed by atoms with van der Waals surface area (Å²) in [6, 6.07) is 15.2. The van der Waals surface area contributed by atoms with Gasteiger partial charge in [-0.3, -0.25) is 4.79 Å². The SMILES string of the molecule is CC(C)(/C=N/NC(=O)c1ccc(Cl)cc1)COC(=O)c1ccccc1. The Hall–Kier alpha value is -2.66. The van der Waals surface area contributed by atoms with Crippen LogP contribution in [0.2, 0.25) is 5.02 Å². The zero-order valence-corrected chi connectivity index (χ0v) is 14.8. The molecule has 2 aromatic rings. The summed E-state index contributed by atoms with van der Waals surface area (Å²) >= 11 is 5.78. The molecule has 6 heteroatoms. The normalized spacial score (nSPS) is 11.3. The van der Waals surface area contributed by atoms with Gasteiger partial charge in [0.05, 0.1) is 5.56 Å². The summed E-state index contributed by atoms with van der Waals surface area (Å²) in [7, 11) is 0. The Morgan fingerprint density at radius 1 is 1.08 bits per heavy atom. The van der Waals surface area contributed by atoms with E-state index in [1.54, 1.807) is 54.7 Å². The van der Waals surface area contributed by atoms with E-state index in [1.807, 2.05) is 19.9 Å². The molecule has 0 radical (unpaired) electrons. The van der Waals surface area contributed by atoms with Gasteiger partial charge in [-0.25, -0.2) is 10.2 Å². The van der Waals surface area contributed by atoms with Crippen molar-refractivity contribution in [2.45, 2.75) is 13.8 Å². The van der Waals surface area contributed by atoms with Crippen LogP contribution in [-0.2, 0) is 4.74 Å². The molecular formula is C19H19ClN2O3. The van der Waals surface area contributed by atoms with Gasteiger partial charge in [0.2, 0.25) is 0 Å². The van der Waals surface area contributed by atoms with Crippen LogP contribution in [0.25, 0.3) is 0 Å². The van der Waals surface area contributed by atoms with Crippen LogP contribution in [0, 0.1) is 5.41 Å². The Labute approximate surface area is 151 Å². The lowest BCUT2D eigenvalue weighted by atomic mass is 9.97. The van der Waals surface area contributed by atoms with Crippen LogP contribution in [0.5, 0.6) is 0 Å². The minimum Gasteiger partial charge on any atom is -0.461 e. The van der Waals surface area contributed by atoms with Crippen LogP contribution in [0.15, 0.2) is 59.7 Å². The van der Waals surface area contributed by atoms with E-state index in [2.05, 4.69) is 10.5 Å². The van der Waals surface area contributed by atoms with Gasteiger partial charge in [-0.05, 0) is 36.4 Å². The molecule has 0 bridgehead atoms. The van der Waals surface area contributed by atoms with Crippen LogP contribution in [0.1, 0.15) is 34.6 Å². The van der Waals surface area contributed by atoms with Crippen molar-refractivity contribution in [1.82, 2.24) is 5.43 Å². The van der Waals surface area contributed by atoms with E-state index in [4.69, 9.17) is 16.3 Å². The summed E-state index contributed by atoms with van der Waals surface area (Å²) in [4.78, 5) is 23.9. The first-order valence-electron chi connectivity index (χ1n) is 7.70. The molecule has 0 aliphatic rings. The lowest BCUT2D eigenvalue weighted by molar-refractivity contribution is 0.0421. The van der Waals surface area contributed by atoms with Crippen LogP contribution in [-0.4, -0.2) is 24.7 Å². The first-order valence-corrected chi connectivity index (χ1v) is 8.07. The Morgan fingerprint density at radius 2 is 1.72 bits per heavy atom. The molecule has 0 saturated carbocycles. The Morgan fingerprint density at radius 3 is 2.36 bits per heavy atom. The van der Waals surface area contributed by atoms with Gasteiger partial charge in [0.25, 0.3) is 5.91 Å². The number of esters is 1. The molecule has 0 spiro atoms. The molecule has 2 aromatic carbocycles. The second kappa shape index (κ2) is 8.44. The third-order valence-corrected chi connectivity index (χ3v) is 3.52. The van der Waals surface area contributed by atoms with E-state index >= 15 is 0 Å². The fourth-order valence-corrected chi connectivity index (χ4v) is 2.00. The topological polar surface area (TPSA) is 67.8 Å². The number of hydrazone groups is 1. The summed E-state index contributed by atoms with van der Waals surface area (Å²) in [5.41, 5.74) is 2.86. The fraction of sp³-hybridized carbons (Fsp3) is 0.211. The number of ether oxygens (including phenoxy) is 1. The molecule has 0 aliphatic carbocycles. The van der Waals surface area contributed by atoms with E-state index in [1.165, 1.54) is 0 Å². The fourth-order valence-electron chi connectivity index (χ4n) is 1.88. The number of halogens is 1. The van der Waals surface area contributed by atoms with Crippen molar-refractivity contribution in [3.05, 3.63) is 70.7 Å². The molecule has 2 rings (SSSR count). The molecule has 0 fully saturated rings. The van der Waals surface area contributed by atoms with Crippen molar-refractivity contribution in [3.8, 4) is 0 Å². The Bertz CT molecular complexity index is 756. The largest absolute Gasteiger partial charge is 0.461 e. The Kier molecular flexibility index (Phi) is 6.31. The molecule has 0 atom stereocenters. The third kappa shape index (κ3) is 6.04. The van der Waals surface area contributed by atoms with Gasteiger partial charge < -0.3 is 4.74 Å². The predicted octanol–water partition coefficient (Wildman–Crippen LogP) is 3.94. The second-order valence-electron chi connectivity index (χ2n) is 6.14. The number of hydrogen-bond donors (Lipinski definition) is 1. The molecule has 0 saturated heterocycles. The highest BCUT2D eigenvalue weighted by Crippen LogP contribution is 2.14. The van der Waals surface area contributed by atoms with Crippen LogP contribution >= 0.6 is 11.6 Å². The zero-order valence-electron chi connectivity index (χ0n) is 14.0. The smallest absolute Gasteiger partial charge is 0.338 e. The average molecular weight is 359 g/mol. The highest BCUT2D eigenvalue weighted by Gasteiger charge is 2.19. The number of hydrogen-bond acceptors (Lipinski definition) is 4. The summed E-state index contributed by atoms with van der Waals surface area (Å²) < 4.78 is 5.29. The summed E-state index contributed by atoms with van der Waals surface area (Å²) in [5.74, 6) is -0.739. The van der Waals surface area contributed by atoms with E-state index < -0.39 is 11.4 Å². The molecule has 0 unspecified atom stereocenters. The second-order valence-corrected chi connectivity index (χ2v) is 6.57. The van der Waals surface area contributed by atoms with Crippen LogP contribution in [0.3, 0.4) is 0 Å². The molecule has 0 aromatic heterocycles. The quantitative estimate of drug-likeness (QED) is 0.483. The molecule has 5 nitrogen and oxygen atoms in total. The summed E-state index contributed by atoms with van der Waals surface area (Å²) in [6.45, 7) is 3.84. The number of amides is 1. The zero-order chi connectivity index (χ0) is 18.3. The van der Waals surface area contributed by atoms with Crippen molar-refractivity contribution in [3.63, 3.8) is 0 Å². The molecule has 1 N–H and O–H groups in total. The molecule has 0 aliphatic heterocycles. The number of carbonyl (C=O) groups excluding carboxylic acids is 2. The van der Waals surface area contributed by atoms with Crippen molar-refractivity contribution in [2.24, 2.45) is 10.5 Å². The molecule has 130 valence electrons.